The maximum absolute atomic E-state index is 12.3. The third kappa shape index (κ3) is 2.49. The Hall–Kier alpha value is -1.36. The fourth-order valence-electron chi connectivity index (χ4n) is 2.38. The smallest absolute Gasteiger partial charge is 0.257 e. The average Bonchev–Trinajstić information content (AvgIpc) is 2.67. The van der Waals surface area contributed by atoms with Gasteiger partial charge in [0.15, 0.2) is 0 Å². The predicted molar refractivity (Wildman–Crippen MR) is 63.7 cm³/mol. The summed E-state index contributed by atoms with van der Waals surface area (Å²) < 4.78 is 1.66. The normalized spacial score (nSPS) is 20.6. The molecule has 1 saturated heterocycles. The maximum Gasteiger partial charge on any atom is 0.257 e. The highest BCUT2D eigenvalue weighted by Gasteiger charge is 2.25. The Labute approximate surface area is 101 Å². The number of aliphatic hydroxyl groups excluding tert-OH is 1. The molecular weight excluding hydrogens is 218 g/mol. The standard InChI is InChI=1S/C12H19N3O2/c1-9-11(7-14(2)13-9)12(17)15-5-3-4-10(6-15)8-16/h7,10,16H,3-6,8H2,1-2H3. The second-order valence-electron chi connectivity index (χ2n) is 4.74. The Morgan fingerprint density at radius 3 is 3.00 bits per heavy atom. The van der Waals surface area contributed by atoms with Crippen molar-refractivity contribution >= 4 is 5.91 Å². The van der Waals surface area contributed by atoms with Crippen LogP contribution in [-0.2, 0) is 7.05 Å². The van der Waals surface area contributed by atoms with Crippen LogP contribution >= 0.6 is 0 Å². The third-order valence-corrected chi connectivity index (χ3v) is 3.31. The van der Waals surface area contributed by atoms with Crippen LogP contribution in [0.1, 0.15) is 28.9 Å². The lowest BCUT2D eigenvalue weighted by molar-refractivity contribution is 0.0620. The van der Waals surface area contributed by atoms with Crippen LogP contribution < -0.4 is 0 Å². The topological polar surface area (TPSA) is 58.4 Å². The zero-order valence-electron chi connectivity index (χ0n) is 10.4. The molecule has 5 heteroatoms. The van der Waals surface area contributed by atoms with E-state index in [0.29, 0.717) is 12.1 Å². The van der Waals surface area contributed by atoms with E-state index in [1.807, 2.05) is 18.9 Å². The fraction of sp³-hybridized carbons (Fsp3) is 0.667. The number of hydrogen-bond acceptors (Lipinski definition) is 3. The minimum absolute atomic E-state index is 0.0359. The Morgan fingerprint density at radius 1 is 1.65 bits per heavy atom. The van der Waals surface area contributed by atoms with Gasteiger partial charge >= 0.3 is 0 Å². The molecule has 2 heterocycles. The van der Waals surface area contributed by atoms with Gasteiger partial charge in [0.2, 0.25) is 0 Å². The van der Waals surface area contributed by atoms with Gasteiger partial charge in [-0.2, -0.15) is 5.10 Å². The first-order chi connectivity index (χ1) is 8.11. The zero-order chi connectivity index (χ0) is 12.4. The molecule has 1 atom stereocenters. The number of rotatable bonds is 2. The Bertz CT molecular complexity index is 414. The molecule has 0 spiro atoms. The van der Waals surface area contributed by atoms with Gasteiger partial charge in [-0.1, -0.05) is 0 Å². The van der Waals surface area contributed by atoms with Gasteiger partial charge in [-0.25, -0.2) is 0 Å². The van der Waals surface area contributed by atoms with Gasteiger partial charge in [0.05, 0.1) is 11.3 Å². The van der Waals surface area contributed by atoms with Crippen LogP contribution in [-0.4, -0.2) is 45.4 Å². The van der Waals surface area contributed by atoms with E-state index in [2.05, 4.69) is 5.10 Å². The van der Waals surface area contributed by atoms with E-state index < -0.39 is 0 Å². The summed E-state index contributed by atoms with van der Waals surface area (Å²) in [4.78, 5) is 14.1. The Morgan fingerprint density at radius 2 is 2.41 bits per heavy atom. The monoisotopic (exact) mass is 237 g/mol. The number of amides is 1. The molecule has 0 radical (unpaired) electrons. The SMILES string of the molecule is Cc1nn(C)cc1C(=O)N1CCCC(CO)C1. The molecule has 1 amide bonds. The number of carbonyl (C=O) groups is 1. The van der Waals surface area contributed by atoms with E-state index in [9.17, 15) is 4.79 Å². The molecule has 1 aliphatic heterocycles. The maximum atomic E-state index is 12.3. The van der Waals surface area contributed by atoms with Crippen molar-refractivity contribution in [1.82, 2.24) is 14.7 Å². The summed E-state index contributed by atoms with van der Waals surface area (Å²) in [6.45, 7) is 3.45. The van der Waals surface area contributed by atoms with Crippen LogP contribution in [0.25, 0.3) is 0 Å². The molecule has 0 bridgehead atoms. The van der Waals surface area contributed by atoms with Crippen LogP contribution in [0.5, 0.6) is 0 Å². The summed E-state index contributed by atoms with van der Waals surface area (Å²) in [5, 5.41) is 13.4. The first-order valence-electron chi connectivity index (χ1n) is 6.02. The van der Waals surface area contributed by atoms with Crippen molar-refractivity contribution in [3.8, 4) is 0 Å². The zero-order valence-corrected chi connectivity index (χ0v) is 10.4. The van der Waals surface area contributed by atoms with Gasteiger partial charge in [-0.15, -0.1) is 0 Å². The van der Waals surface area contributed by atoms with Gasteiger partial charge in [-0.3, -0.25) is 9.48 Å². The molecule has 94 valence electrons. The van der Waals surface area contributed by atoms with Crippen molar-refractivity contribution in [2.75, 3.05) is 19.7 Å². The summed E-state index contributed by atoms with van der Waals surface area (Å²) in [5.41, 5.74) is 1.44. The fourth-order valence-corrected chi connectivity index (χ4v) is 2.38. The van der Waals surface area contributed by atoms with E-state index in [-0.39, 0.29) is 18.4 Å². The number of aromatic nitrogens is 2. The van der Waals surface area contributed by atoms with Crippen molar-refractivity contribution in [3.63, 3.8) is 0 Å². The van der Waals surface area contributed by atoms with Crippen molar-refractivity contribution in [2.24, 2.45) is 13.0 Å². The van der Waals surface area contributed by atoms with Crippen LogP contribution in [0.2, 0.25) is 0 Å². The van der Waals surface area contributed by atoms with Gasteiger partial charge in [0.1, 0.15) is 0 Å². The van der Waals surface area contributed by atoms with Gasteiger partial charge in [0.25, 0.3) is 5.91 Å². The number of carbonyl (C=O) groups excluding carboxylic acids is 1. The molecule has 1 N–H and O–H groups in total. The number of likely N-dealkylation sites (tertiary alicyclic amines) is 1. The molecule has 1 aromatic rings. The van der Waals surface area contributed by atoms with Crippen LogP contribution in [0.15, 0.2) is 6.20 Å². The number of aliphatic hydroxyl groups is 1. The van der Waals surface area contributed by atoms with Gasteiger partial charge in [0, 0.05) is 32.9 Å². The first-order valence-corrected chi connectivity index (χ1v) is 6.02. The lowest BCUT2D eigenvalue weighted by Gasteiger charge is -2.31. The van der Waals surface area contributed by atoms with E-state index >= 15 is 0 Å². The Balaban J connectivity index is 2.12. The summed E-state index contributed by atoms with van der Waals surface area (Å²) in [6, 6.07) is 0. The second-order valence-corrected chi connectivity index (χ2v) is 4.74. The molecule has 0 saturated carbocycles. The highest BCUT2D eigenvalue weighted by Crippen LogP contribution is 2.19. The summed E-state index contributed by atoms with van der Waals surface area (Å²) >= 11 is 0. The van der Waals surface area contributed by atoms with Crippen molar-refractivity contribution < 1.29 is 9.90 Å². The quantitative estimate of drug-likeness (QED) is 0.818. The van der Waals surface area contributed by atoms with E-state index in [1.165, 1.54) is 0 Å². The number of nitrogens with zero attached hydrogens (tertiary/aromatic N) is 3. The van der Waals surface area contributed by atoms with Crippen LogP contribution in [0.4, 0.5) is 0 Å². The highest BCUT2D eigenvalue weighted by molar-refractivity contribution is 5.95. The molecule has 1 aromatic heterocycles. The molecular formula is C12H19N3O2. The molecule has 1 fully saturated rings. The molecule has 5 nitrogen and oxygen atoms in total. The van der Waals surface area contributed by atoms with E-state index in [1.54, 1.807) is 10.9 Å². The van der Waals surface area contributed by atoms with E-state index in [0.717, 1.165) is 25.1 Å². The molecule has 17 heavy (non-hydrogen) atoms. The van der Waals surface area contributed by atoms with E-state index in [4.69, 9.17) is 5.11 Å². The van der Waals surface area contributed by atoms with Crippen molar-refractivity contribution in [1.29, 1.82) is 0 Å². The largest absolute Gasteiger partial charge is 0.396 e. The number of piperidine rings is 1. The molecule has 1 aliphatic rings. The molecule has 0 aromatic carbocycles. The van der Waals surface area contributed by atoms with Crippen LogP contribution in [0.3, 0.4) is 0 Å². The minimum atomic E-state index is 0.0359. The van der Waals surface area contributed by atoms with Crippen molar-refractivity contribution in [3.05, 3.63) is 17.5 Å². The minimum Gasteiger partial charge on any atom is -0.396 e. The predicted octanol–water partition coefficient (Wildman–Crippen LogP) is 0.573. The third-order valence-electron chi connectivity index (χ3n) is 3.31. The summed E-state index contributed by atoms with van der Waals surface area (Å²) in [5.74, 6) is 0.262. The molecule has 0 aliphatic carbocycles. The second kappa shape index (κ2) is 4.87. The summed E-state index contributed by atoms with van der Waals surface area (Å²) in [6.07, 6.45) is 3.74. The first kappa shape index (κ1) is 12.1. The highest BCUT2D eigenvalue weighted by atomic mass is 16.3. The van der Waals surface area contributed by atoms with Crippen LogP contribution in [0, 0.1) is 12.8 Å². The Kier molecular flexibility index (Phi) is 3.47. The lowest BCUT2D eigenvalue weighted by Crippen LogP contribution is -2.41. The molecule has 2 rings (SSSR count). The number of hydrogen-bond donors (Lipinski definition) is 1. The van der Waals surface area contributed by atoms with Gasteiger partial charge < -0.3 is 10.0 Å². The number of aryl methyl sites for hydroxylation is 2. The average molecular weight is 237 g/mol. The van der Waals surface area contributed by atoms with Gasteiger partial charge in [-0.05, 0) is 25.7 Å². The lowest BCUT2D eigenvalue weighted by atomic mass is 9.98. The summed E-state index contributed by atoms with van der Waals surface area (Å²) in [7, 11) is 1.82. The molecule has 1 unspecified atom stereocenters. The van der Waals surface area contributed by atoms with Crippen molar-refractivity contribution in [2.45, 2.75) is 19.8 Å².